The van der Waals surface area contributed by atoms with Crippen molar-refractivity contribution in [2.24, 2.45) is 0 Å². The van der Waals surface area contributed by atoms with Crippen LogP contribution in [0.4, 0.5) is 11.4 Å². The zero-order valence-electron chi connectivity index (χ0n) is 42.2. The average Bonchev–Trinajstić information content (AvgIpc) is 4.02. The van der Waals surface area contributed by atoms with E-state index in [2.05, 4.69) is 207 Å². The summed E-state index contributed by atoms with van der Waals surface area (Å²) in [6.45, 7) is 26.9. The van der Waals surface area contributed by atoms with Crippen molar-refractivity contribution in [2.75, 3.05) is 4.81 Å². The lowest BCUT2D eigenvalue weighted by Crippen LogP contribution is -2.60. The molecule has 5 heterocycles. The van der Waals surface area contributed by atoms with Gasteiger partial charge in [0.25, 0.3) is 0 Å². The molecule has 7 aromatic carbocycles. The molecule has 0 fully saturated rings. The second-order valence-corrected chi connectivity index (χ2v) is 27.1. The van der Waals surface area contributed by atoms with Crippen molar-refractivity contribution in [1.82, 2.24) is 4.57 Å². The van der Waals surface area contributed by atoms with Crippen molar-refractivity contribution in [3.8, 4) is 27.3 Å². The molecule has 5 heteroatoms. The molecule has 3 aromatic heterocycles. The van der Waals surface area contributed by atoms with Crippen LogP contribution in [-0.4, -0.2) is 11.4 Å². The summed E-state index contributed by atoms with van der Waals surface area (Å²) >= 11 is 3.96. The first-order valence-corrected chi connectivity index (χ1v) is 27.2. The van der Waals surface area contributed by atoms with Crippen molar-refractivity contribution in [2.45, 2.75) is 129 Å². The quantitative estimate of drug-likeness (QED) is 0.157. The van der Waals surface area contributed by atoms with Crippen LogP contribution in [-0.2, 0) is 27.1 Å². The van der Waals surface area contributed by atoms with Gasteiger partial charge in [-0.2, -0.15) is 0 Å². The highest BCUT2D eigenvalue weighted by atomic mass is 32.1. The predicted molar refractivity (Wildman–Crippen MR) is 303 cm³/mol. The van der Waals surface area contributed by atoms with E-state index in [1.807, 2.05) is 22.7 Å². The highest BCUT2D eigenvalue weighted by Gasteiger charge is 2.48. The maximum atomic E-state index is 2.80. The van der Waals surface area contributed by atoms with Crippen molar-refractivity contribution < 1.29 is 0 Å². The number of hydrogen-bond donors (Lipinski definition) is 0. The lowest BCUT2D eigenvalue weighted by atomic mass is 9.43. The molecule has 2 nitrogen and oxygen atoms in total. The summed E-state index contributed by atoms with van der Waals surface area (Å²) in [4.78, 5) is 4.12. The van der Waals surface area contributed by atoms with E-state index in [1.165, 1.54) is 155 Å². The molecule has 0 amide bonds. The first kappa shape index (κ1) is 42.3. The number of rotatable bonds is 2. The van der Waals surface area contributed by atoms with Crippen LogP contribution in [0.5, 0.6) is 0 Å². The predicted octanol–water partition coefficient (Wildman–Crippen LogP) is 17.3. The van der Waals surface area contributed by atoms with Gasteiger partial charge in [-0.3, -0.25) is 0 Å². The second-order valence-electron chi connectivity index (χ2n) is 25.0. The number of aromatic nitrogens is 1. The molecule has 0 N–H and O–H groups in total. The van der Waals surface area contributed by atoms with E-state index in [1.54, 1.807) is 0 Å². The van der Waals surface area contributed by atoms with Gasteiger partial charge < -0.3 is 9.38 Å². The van der Waals surface area contributed by atoms with Crippen LogP contribution in [0, 0.1) is 0 Å². The van der Waals surface area contributed by atoms with Crippen LogP contribution in [0.1, 0.15) is 130 Å². The molecule has 14 rings (SSSR count). The summed E-state index contributed by atoms with van der Waals surface area (Å²) in [6.07, 6.45) is 4.72. The number of nitrogens with zero attached hydrogens (tertiary/aromatic N) is 2. The van der Waals surface area contributed by atoms with Gasteiger partial charge in [-0.1, -0.05) is 143 Å². The van der Waals surface area contributed by atoms with Crippen molar-refractivity contribution in [3.05, 3.63) is 149 Å². The summed E-state index contributed by atoms with van der Waals surface area (Å²) in [6, 6.07) is 48.4. The lowest BCUT2D eigenvalue weighted by molar-refractivity contribution is 0.332. The summed E-state index contributed by atoms with van der Waals surface area (Å²) in [7, 11) is 0. The molecule has 2 aliphatic heterocycles. The Hall–Kier alpha value is -5.62. The Morgan fingerprint density at radius 3 is 1.86 bits per heavy atom. The first-order valence-electron chi connectivity index (χ1n) is 25.5. The minimum atomic E-state index is -0.0679. The van der Waals surface area contributed by atoms with Gasteiger partial charge in [-0.05, 0) is 157 Å². The molecule has 0 saturated heterocycles. The number of thiophene rings is 2. The SMILES string of the molecule is CC(C)(C)c1ccc(N2B3c4cc5cc(-c6ccccc6)sc5cc4-n4c5cc6c(cc5c5c7c(sc8ccccc87)c(c3c54)-c3cc4c(cc32)C(C)(C)CCC4(C)C)C(C)(C)CCC6(C)C)cc1. The van der Waals surface area contributed by atoms with Crippen molar-refractivity contribution in [3.63, 3.8) is 0 Å². The Kier molecular flexibility index (Phi) is 8.34. The van der Waals surface area contributed by atoms with Gasteiger partial charge in [0.05, 0.1) is 11.0 Å². The van der Waals surface area contributed by atoms with Gasteiger partial charge in [0, 0.05) is 68.7 Å². The first-order chi connectivity index (χ1) is 32.8. The summed E-state index contributed by atoms with van der Waals surface area (Å²) in [5, 5.41) is 6.95. The van der Waals surface area contributed by atoms with E-state index >= 15 is 0 Å². The zero-order chi connectivity index (χ0) is 47.5. The van der Waals surface area contributed by atoms with E-state index < -0.39 is 0 Å². The standard InChI is InChI=1S/C64H61BN2S2/c1-60(2,3)38-21-23-39(24-22-38)67-49-34-46-44(62(6,7)26-28-64(46,10)11)32-42(49)56-57-58-54(55-40-19-15-16-20-51(40)69-59(55)56)41-31-43-45(63(8,9)27-25-61(43,4)5)33-48(41)66(58)50-35-53-37(29-47(50)65(57)67)30-52(68-53)36-17-13-12-14-18-36/h12-24,29-35H,25-28H2,1-11H3. The van der Waals surface area contributed by atoms with Crippen LogP contribution in [0.25, 0.3) is 79.3 Å². The number of hydrogen-bond acceptors (Lipinski definition) is 3. The maximum absolute atomic E-state index is 2.80. The minimum absolute atomic E-state index is 0.0419. The molecule has 0 spiro atoms. The van der Waals surface area contributed by atoms with Gasteiger partial charge in [0.1, 0.15) is 0 Å². The van der Waals surface area contributed by atoms with E-state index in [-0.39, 0.29) is 33.9 Å². The number of anilines is 2. The average molecular weight is 933 g/mol. The molecule has 0 unspecified atom stereocenters. The van der Waals surface area contributed by atoms with Crippen molar-refractivity contribution in [1.29, 1.82) is 0 Å². The maximum Gasteiger partial charge on any atom is 0.333 e. The van der Waals surface area contributed by atoms with Crippen LogP contribution in [0.3, 0.4) is 0 Å². The minimum Gasteiger partial charge on any atom is -0.376 e. The molecular weight excluding hydrogens is 872 g/mol. The molecule has 10 aromatic rings. The third-order valence-corrected chi connectivity index (χ3v) is 20.2. The van der Waals surface area contributed by atoms with Crippen molar-refractivity contribution >= 4 is 104 Å². The highest BCUT2D eigenvalue weighted by Crippen LogP contribution is 2.57. The molecule has 2 aliphatic carbocycles. The molecule has 0 atom stereocenters. The third-order valence-electron chi connectivity index (χ3n) is 17.8. The van der Waals surface area contributed by atoms with E-state index in [4.69, 9.17) is 0 Å². The summed E-state index contributed by atoms with van der Waals surface area (Å²) in [5.41, 5.74) is 21.3. The van der Waals surface area contributed by atoms with Gasteiger partial charge in [-0.15, -0.1) is 22.7 Å². The van der Waals surface area contributed by atoms with Crippen LogP contribution < -0.4 is 15.7 Å². The number of benzene rings is 7. The monoisotopic (exact) mass is 932 g/mol. The smallest absolute Gasteiger partial charge is 0.333 e. The van der Waals surface area contributed by atoms with Gasteiger partial charge in [-0.25, -0.2) is 0 Å². The van der Waals surface area contributed by atoms with E-state index in [9.17, 15) is 0 Å². The van der Waals surface area contributed by atoms with Gasteiger partial charge >= 0.3 is 6.85 Å². The van der Waals surface area contributed by atoms with E-state index in [0.29, 0.717) is 0 Å². The van der Waals surface area contributed by atoms with Crippen LogP contribution in [0.2, 0.25) is 0 Å². The molecule has 0 bridgehead atoms. The highest BCUT2D eigenvalue weighted by molar-refractivity contribution is 7.27. The summed E-state index contributed by atoms with van der Waals surface area (Å²) < 4.78 is 6.91. The fraction of sp³-hybridized carbons (Fsp3) is 0.312. The molecule has 0 saturated carbocycles. The normalized spacial score (nSPS) is 18.2. The second kappa shape index (κ2) is 13.6. The Balaban J connectivity index is 1.22. The Labute approximate surface area is 416 Å². The van der Waals surface area contributed by atoms with Crippen LogP contribution in [0.15, 0.2) is 121 Å². The van der Waals surface area contributed by atoms with Crippen LogP contribution >= 0.6 is 22.7 Å². The third kappa shape index (κ3) is 5.72. The molecule has 69 heavy (non-hydrogen) atoms. The Morgan fingerprint density at radius 2 is 1.17 bits per heavy atom. The topological polar surface area (TPSA) is 8.17 Å². The fourth-order valence-electron chi connectivity index (χ4n) is 13.6. The Morgan fingerprint density at radius 1 is 0.551 bits per heavy atom. The molecule has 342 valence electrons. The molecule has 0 radical (unpaired) electrons. The fourth-order valence-corrected chi connectivity index (χ4v) is 15.9. The molecular formula is C64H61BN2S2. The zero-order valence-corrected chi connectivity index (χ0v) is 43.8. The number of fused-ring (bicyclic) bond motifs is 16. The summed E-state index contributed by atoms with van der Waals surface area (Å²) in [5.74, 6) is 0. The Bertz CT molecular complexity index is 3880. The lowest BCUT2D eigenvalue weighted by Gasteiger charge is -2.46. The molecule has 4 aliphatic rings. The van der Waals surface area contributed by atoms with Gasteiger partial charge in [0.2, 0.25) is 0 Å². The largest absolute Gasteiger partial charge is 0.376 e. The van der Waals surface area contributed by atoms with E-state index in [0.717, 1.165) is 0 Å². The van der Waals surface area contributed by atoms with Gasteiger partial charge in [0.15, 0.2) is 0 Å².